The molecule has 7 nitrogen and oxygen atoms in total. The second-order valence-electron chi connectivity index (χ2n) is 9.79. The Bertz CT molecular complexity index is 635. The van der Waals surface area contributed by atoms with E-state index in [0.29, 0.717) is 24.8 Å². The molecule has 27 heavy (non-hydrogen) atoms. The van der Waals surface area contributed by atoms with Crippen molar-refractivity contribution < 1.29 is 23.9 Å². The summed E-state index contributed by atoms with van der Waals surface area (Å²) in [6, 6.07) is -1.23. The Kier molecular flexibility index (Phi) is 4.93. The van der Waals surface area contributed by atoms with Crippen molar-refractivity contribution in [3.8, 4) is 0 Å². The zero-order chi connectivity index (χ0) is 20.1. The maximum Gasteiger partial charge on any atom is 0.408 e. The summed E-state index contributed by atoms with van der Waals surface area (Å²) >= 11 is 0. The summed E-state index contributed by atoms with van der Waals surface area (Å²) in [7, 11) is 1.36. The number of likely N-dealkylation sites (tertiary alicyclic amines) is 1. The van der Waals surface area contributed by atoms with Crippen LogP contribution in [-0.2, 0) is 19.1 Å². The number of carbonyl (C=O) groups is 3. The Labute approximate surface area is 161 Å². The maximum absolute atomic E-state index is 13.3. The van der Waals surface area contributed by atoms with E-state index in [1.165, 1.54) is 7.11 Å². The van der Waals surface area contributed by atoms with E-state index in [9.17, 15) is 14.4 Å². The van der Waals surface area contributed by atoms with Gasteiger partial charge in [0.2, 0.25) is 5.91 Å². The molecule has 1 saturated heterocycles. The zero-order valence-electron chi connectivity index (χ0n) is 17.2. The van der Waals surface area contributed by atoms with Crippen LogP contribution in [0.4, 0.5) is 4.79 Å². The summed E-state index contributed by atoms with van der Waals surface area (Å²) in [4.78, 5) is 39.5. The number of piperidine rings is 1. The van der Waals surface area contributed by atoms with E-state index in [1.54, 1.807) is 25.7 Å². The molecule has 0 aromatic heterocycles. The molecule has 0 bridgehead atoms. The van der Waals surface area contributed by atoms with Gasteiger partial charge in [-0.3, -0.25) is 4.79 Å². The molecular formula is C20H32N2O5. The second-order valence-corrected chi connectivity index (χ2v) is 9.79. The number of nitrogens with one attached hydrogen (secondary N) is 1. The molecule has 0 unspecified atom stereocenters. The van der Waals surface area contributed by atoms with Gasteiger partial charge in [0.1, 0.15) is 17.7 Å². The first-order valence-electron chi connectivity index (χ1n) is 9.83. The molecule has 152 valence electrons. The van der Waals surface area contributed by atoms with Crippen LogP contribution in [0.25, 0.3) is 0 Å². The molecular weight excluding hydrogens is 348 g/mol. The molecule has 0 radical (unpaired) electrons. The molecule has 3 aliphatic rings. The monoisotopic (exact) mass is 380 g/mol. The largest absolute Gasteiger partial charge is 0.467 e. The fourth-order valence-corrected chi connectivity index (χ4v) is 4.46. The molecule has 1 aliphatic heterocycles. The lowest BCUT2D eigenvalue weighted by atomic mass is 9.99. The van der Waals surface area contributed by atoms with Crippen molar-refractivity contribution in [1.29, 1.82) is 0 Å². The van der Waals surface area contributed by atoms with Crippen LogP contribution < -0.4 is 5.32 Å². The predicted molar refractivity (Wildman–Crippen MR) is 98.8 cm³/mol. The van der Waals surface area contributed by atoms with Crippen molar-refractivity contribution >= 4 is 18.0 Å². The number of alkyl carbamates (subject to hydrolysis) is 1. The Hall–Kier alpha value is -1.79. The van der Waals surface area contributed by atoms with Crippen molar-refractivity contribution in [2.24, 2.45) is 23.2 Å². The van der Waals surface area contributed by atoms with Gasteiger partial charge in [-0.2, -0.15) is 0 Å². The van der Waals surface area contributed by atoms with Crippen LogP contribution in [-0.4, -0.2) is 54.2 Å². The van der Waals surface area contributed by atoms with Gasteiger partial charge in [-0.15, -0.1) is 0 Å². The number of esters is 1. The lowest BCUT2D eigenvalue weighted by Gasteiger charge is -2.32. The summed E-state index contributed by atoms with van der Waals surface area (Å²) in [5.41, 5.74) is -0.592. The Morgan fingerprint density at radius 1 is 1.22 bits per heavy atom. The smallest absolute Gasteiger partial charge is 0.408 e. The number of ether oxygens (including phenoxy) is 2. The Balaban J connectivity index is 1.73. The average Bonchev–Trinajstić information content (AvgIpc) is 3.38. The number of methoxy groups -OCH3 is 1. The minimum atomic E-state index is -0.667. The summed E-state index contributed by atoms with van der Waals surface area (Å²) < 4.78 is 10.3. The normalized spacial score (nSPS) is 29.6. The van der Waals surface area contributed by atoms with Gasteiger partial charge in [0.25, 0.3) is 0 Å². The van der Waals surface area contributed by atoms with Gasteiger partial charge >= 0.3 is 12.1 Å². The van der Waals surface area contributed by atoms with E-state index >= 15 is 0 Å². The number of amides is 2. The van der Waals surface area contributed by atoms with E-state index in [4.69, 9.17) is 9.47 Å². The number of hydrogen-bond donors (Lipinski definition) is 1. The van der Waals surface area contributed by atoms with Crippen LogP contribution in [0.2, 0.25) is 0 Å². The number of rotatable bonds is 5. The summed E-state index contributed by atoms with van der Waals surface area (Å²) in [5.74, 6) is 0.291. The molecule has 2 saturated carbocycles. The topological polar surface area (TPSA) is 84.9 Å². The average molecular weight is 380 g/mol. The SMILES string of the molecule is COC(=O)[C@@H]1[C@@H]2[C@H](CN1C(=O)[C@H](CC1CC1)NC(=O)OC(C)(C)C)C2(C)C. The van der Waals surface area contributed by atoms with Crippen molar-refractivity contribution in [2.45, 2.75) is 71.6 Å². The first-order chi connectivity index (χ1) is 12.5. The molecule has 0 aromatic rings. The van der Waals surface area contributed by atoms with E-state index in [0.717, 1.165) is 12.8 Å². The molecule has 1 heterocycles. The van der Waals surface area contributed by atoms with E-state index < -0.39 is 23.8 Å². The van der Waals surface area contributed by atoms with Crippen LogP contribution in [0.15, 0.2) is 0 Å². The molecule has 3 rings (SSSR count). The number of nitrogens with zero attached hydrogens (tertiary/aromatic N) is 1. The van der Waals surface area contributed by atoms with Gasteiger partial charge in [0.05, 0.1) is 7.11 Å². The highest BCUT2D eigenvalue weighted by atomic mass is 16.6. The fourth-order valence-electron chi connectivity index (χ4n) is 4.46. The van der Waals surface area contributed by atoms with Gasteiger partial charge in [0, 0.05) is 12.5 Å². The van der Waals surface area contributed by atoms with E-state index in [1.807, 2.05) is 0 Å². The highest BCUT2D eigenvalue weighted by Gasteiger charge is 2.70. The van der Waals surface area contributed by atoms with Crippen LogP contribution in [0.1, 0.15) is 53.9 Å². The van der Waals surface area contributed by atoms with Gasteiger partial charge in [0.15, 0.2) is 0 Å². The molecule has 1 N–H and O–H groups in total. The number of fused-ring (bicyclic) bond motifs is 1. The van der Waals surface area contributed by atoms with Crippen molar-refractivity contribution in [2.75, 3.05) is 13.7 Å². The Morgan fingerprint density at radius 3 is 2.37 bits per heavy atom. The minimum Gasteiger partial charge on any atom is -0.467 e. The van der Waals surface area contributed by atoms with E-state index in [-0.39, 0.29) is 23.2 Å². The van der Waals surface area contributed by atoms with Crippen molar-refractivity contribution in [3.05, 3.63) is 0 Å². The van der Waals surface area contributed by atoms with Gasteiger partial charge in [-0.25, -0.2) is 9.59 Å². The summed E-state index contributed by atoms with van der Waals surface area (Å²) in [6.07, 6.45) is 2.12. The van der Waals surface area contributed by atoms with Crippen LogP contribution in [0, 0.1) is 23.2 Å². The summed E-state index contributed by atoms with van der Waals surface area (Å²) in [5, 5.41) is 2.74. The molecule has 2 amide bonds. The molecule has 4 atom stereocenters. The van der Waals surface area contributed by atoms with Crippen LogP contribution in [0.3, 0.4) is 0 Å². The zero-order valence-corrected chi connectivity index (χ0v) is 17.2. The quantitative estimate of drug-likeness (QED) is 0.740. The third-order valence-electron chi connectivity index (χ3n) is 6.19. The number of hydrogen-bond acceptors (Lipinski definition) is 5. The second kappa shape index (κ2) is 6.67. The van der Waals surface area contributed by atoms with Crippen LogP contribution in [0.5, 0.6) is 0 Å². The number of carbonyl (C=O) groups excluding carboxylic acids is 3. The standard InChI is InChI=1S/C20H32N2O5/c1-19(2,3)27-18(25)21-13(9-11-7-8-11)16(23)22-10-12-14(20(12,4)5)15(22)17(24)26-6/h11-15H,7-10H2,1-6H3,(H,21,25)/t12-,13-,14-,15-/m0/s1. The lowest BCUT2D eigenvalue weighted by molar-refractivity contribution is -0.153. The predicted octanol–water partition coefficient (Wildman–Crippen LogP) is 2.34. The third kappa shape index (κ3) is 4.06. The third-order valence-corrected chi connectivity index (χ3v) is 6.19. The highest BCUT2D eigenvalue weighted by Crippen LogP contribution is 2.65. The molecule has 0 spiro atoms. The Morgan fingerprint density at radius 2 is 1.85 bits per heavy atom. The highest BCUT2D eigenvalue weighted by molar-refractivity contribution is 5.91. The lowest BCUT2D eigenvalue weighted by Crippen LogP contribution is -2.54. The molecule has 7 heteroatoms. The molecule has 2 aliphatic carbocycles. The first kappa shape index (κ1) is 20.0. The first-order valence-corrected chi connectivity index (χ1v) is 9.83. The van der Waals surface area contributed by atoms with Gasteiger partial charge in [-0.05, 0) is 44.4 Å². The van der Waals surface area contributed by atoms with Gasteiger partial charge < -0.3 is 19.7 Å². The molecule has 3 fully saturated rings. The van der Waals surface area contributed by atoms with Gasteiger partial charge in [-0.1, -0.05) is 26.7 Å². The fraction of sp³-hybridized carbons (Fsp3) is 0.850. The van der Waals surface area contributed by atoms with Crippen LogP contribution >= 0.6 is 0 Å². The molecule has 0 aromatic carbocycles. The van der Waals surface area contributed by atoms with E-state index in [2.05, 4.69) is 19.2 Å². The van der Waals surface area contributed by atoms with Crippen molar-refractivity contribution in [3.63, 3.8) is 0 Å². The minimum absolute atomic E-state index is 0.0419. The maximum atomic E-state index is 13.3. The van der Waals surface area contributed by atoms with Crippen molar-refractivity contribution in [1.82, 2.24) is 10.2 Å². The summed E-state index contributed by atoms with van der Waals surface area (Å²) in [6.45, 7) is 10.1.